The molecule has 2 aromatic rings. The van der Waals surface area contributed by atoms with Gasteiger partial charge in [0.1, 0.15) is 11.5 Å². The summed E-state index contributed by atoms with van der Waals surface area (Å²) in [5, 5.41) is 0. The highest BCUT2D eigenvalue weighted by atomic mass is 19.1. The van der Waals surface area contributed by atoms with Crippen LogP contribution in [0.3, 0.4) is 0 Å². The van der Waals surface area contributed by atoms with Crippen LogP contribution in [-0.2, 0) is 0 Å². The highest BCUT2D eigenvalue weighted by Crippen LogP contribution is 2.32. The van der Waals surface area contributed by atoms with Gasteiger partial charge in [0.25, 0.3) is 0 Å². The van der Waals surface area contributed by atoms with E-state index in [0.29, 0.717) is 11.5 Å². The second-order valence-corrected chi connectivity index (χ2v) is 3.44. The molecule has 2 rings (SSSR count). The summed E-state index contributed by atoms with van der Waals surface area (Å²) in [7, 11) is 1.47. The van der Waals surface area contributed by atoms with Gasteiger partial charge in [0.05, 0.1) is 12.8 Å². The van der Waals surface area contributed by atoms with Crippen LogP contribution in [0.5, 0.6) is 17.2 Å². The van der Waals surface area contributed by atoms with Gasteiger partial charge in [-0.3, -0.25) is 0 Å². The number of rotatable bonds is 3. The number of para-hydroxylation sites is 1. The Morgan fingerprint density at radius 3 is 2.41 bits per heavy atom. The molecule has 0 aromatic heterocycles. The van der Waals surface area contributed by atoms with E-state index in [1.165, 1.54) is 19.2 Å². The summed E-state index contributed by atoms with van der Waals surface area (Å²) in [5.74, 6) is 0.505. The lowest BCUT2D eigenvalue weighted by Crippen LogP contribution is -1.96. The third kappa shape index (κ3) is 2.47. The Balaban J connectivity index is 2.33. The number of hydrogen-bond acceptors (Lipinski definition) is 3. The molecule has 0 fully saturated rings. The summed E-state index contributed by atoms with van der Waals surface area (Å²) in [6.07, 6.45) is 0. The minimum Gasteiger partial charge on any atom is -0.494 e. The lowest BCUT2D eigenvalue weighted by atomic mass is 10.2. The minimum absolute atomic E-state index is 0.0854. The maximum Gasteiger partial charge on any atom is 0.168 e. The fourth-order valence-corrected chi connectivity index (χ4v) is 1.42. The van der Waals surface area contributed by atoms with Crippen molar-refractivity contribution >= 4 is 5.69 Å². The van der Waals surface area contributed by atoms with Gasteiger partial charge in [0.2, 0.25) is 0 Å². The van der Waals surface area contributed by atoms with Gasteiger partial charge in [-0.1, -0.05) is 18.2 Å². The first-order valence-electron chi connectivity index (χ1n) is 5.06. The maximum absolute atomic E-state index is 13.6. The third-order valence-corrected chi connectivity index (χ3v) is 2.26. The van der Waals surface area contributed by atoms with Crippen molar-refractivity contribution in [1.29, 1.82) is 0 Å². The molecule has 17 heavy (non-hydrogen) atoms. The van der Waals surface area contributed by atoms with Crippen LogP contribution in [0.25, 0.3) is 0 Å². The summed E-state index contributed by atoms with van der Waals surface area (Å²) in [5.41, 5.74) is 5.81. The summed E-state index contributed by atoms with van der Waals surface area (Å²) < 4.78 is 24.0. The smallest absolute Gasteiger partial charge is 0.168 e. The van der Waals surface area contributed by atoms with Crippen molar-refractivity contribution in [3.63, 3.8) is 0 Å². The number of halogens is 1. The minimum atomic E-state index is -0.521. The average molecular weight is 233 g/mol. The van der Waals surface area contributed by atoms with Gasteiger partial charge < -0.3 is 15.2 Å². The molecule has 2 N–H and O–H groups in total. The van der Waals surface area contributed by atoms with Gasteiger partial charge in [-0.2, -0.15) is 0 Å². The molecule has 0 aliphatic heterocycles. The zero-order valence-corrected chi connectivity index (χ0v) is 9.31. The average Bonchev–Trinajstić information content (AvgIpc) is 2.34. The van der Waals surface area contributed by atoms with Gasteiger partial charge in [-0.25, -0.2) is 4.39 Å². The molecule has 3 nitrogen and oxygen atoms in total. The zero-order valence-electron chi connectivity index (χ0n) is 9.31. The Morgan fingerprint density at radius 2 is 1.76 bits per heavy atom. The van der Waals surface area contributed by atoms with E-state index in [-0.39, 0.29) is 11.4 Å². The number of nitrogens with two attached hydrogens (primary N) is 1. The molecule has 0 aliphatic carbocycles. The summed E-state index contributed by atoms with van der Waals surface area (Å²) >= 11 is 0. The normalized spacial score (nSPS) is 10.0. The van der Waals surface area contributed by atoms with Crippen LogP contribution in [0.15, 0.2) is 42.5 Å². The van der Waals surface area contributed by atoms with Gasteiger partial charge in [-0.15, -0.1) is 0 Å². The van der Waals surface area contributed by atoms with E-state index in [1.807, 2.05) is 18.2 Å². The fraction of sp³-hybridized carbons (Fsp3) is 0.0769. The van der Waals surface area contributed by atoms with E-state index < -0.39 is 5.82 Å². The standard InChI is InChI=1S/C13H12FNO2/c1-16-13-8-12(10(14)7-11(13)15)17-9-5-3-2-4-6-9/h2-8H,15H2,1H3. The molecular formula is C13H12FNO2. The number of nitrogen functional groups attached to an aromatic ring is 1. The third-order valence-electron chi connectivity index (χ3n) is 2.26. The Hall–Kier alpha value is -2.23. The van der Waals surface area contributed by atoms with E-state index in [1.54, 1.807) is 12.1 Å². The Morgan fingerprint density at radius 1 is 1.06 bits per heavy atom. The van der Waals surface area contributed by atoms with E-state index in [9.17, 15) is 4.39 Å². The zero-order chi connectivity index (χ0) is 12.3. The molecule has 0 bridgehead atoms. The van der Waals surface area contributed by atoms with Crippen LogP contribution in [0.1, 0.15) is 0 Å². The summed E-state index contributed by atoms with van der Waals surface area (Å²) in [6.45, 7) is 0. The molecule has 0 amide bonds. The number of ether oxygens (including phenoxy) is 2. The monoisotopic (exact) mass is 233 g/mol. The molecule has 0 unspecified atom stereocenters. The van der Waals surface area contributed by atoms with Crippen LogP contribution in [0.2, 0.25) is 0 Å². The highest BCUT2D eigenvalue weighted by Gasteiger charge is 2.10. The Labute approximate surface area is 98.6 Å². The van der Waals surface area contributed by atoms with Gasteiger partial charge in [0, 0.05) is 12.1 Å². The summed E-state index contributed by atoms with van der Waals surface area (Å²) in [6, 6.07) is 11.6. The van der Waals surface area contributed by atoms with Crippen molar-refractivity contribution in [1.82, 2.24) is 0 Å². The maximum atomic E-state index is 13.6. The van der Waals surface area contributed by atoms with Gasteiger partial charge in [0.15, 0.2) is 11.6 Å². The van der Waals surface area contributed by atoms with Crippen molar-refractivity contribution in [3.8, 4) is 17.2 Å². The second kappa shape index (κ2) is 4.74. The first-order chi connectivity index (χ1) is 8.20. The van der Waals surface area contributed by atoms with Gasteiger partial charge >= 0.3 is 0 Å². The van der Waals surface area contributed by atoms with Crippen molar-refractivity contribution < 1.29 is 13.9 Å². The van der Waals surface area contributed by atoms with E-state index in [4.69, 9.17) is 15.2 Å². The Kier molecular flexibility index (Phi) is 3.14. The van der Waals surface area contributed by atoms with Gasteiger partial charge in [-0.05, 0) is 12.1 Å². The molecular weight excluding hydrogens is 221 g/mol. The molecule has 0 saturated carbocycles. The molecule has 0 heterocycles. The molecule has 0 atom stereocenters. The van der Waals surface area contributed by atoms with Crippen LogP contribution in [0.4, 0.5) is 10.1 Å². The van der Waals surface area contributed by atoms with E-state index in [2.05, 4.69) is 0 Å². The van der Waals surface area contributed by atoms with Crippen LogP contribution >= 0.6 is 0 Å². The number of benzene rings is 2. The first kappa shape index (κ1) is 11.3. The van der Waals surface area contributed by atoms with E-state index in [0.717, 1.165) is 0 Å². The number of hydrogen-bond donors (Lipinski definition) is 1. The first-order valence-corrected chi connectivity index (χ1v) is 5.06. The highest BCUT2D eigenvalue weighted by molar-refractivity contribution is 5.56. The molecule has 2 aromatic carbocycles. The van der Waals surface area contributed by atoms with Crippen molar-refractivity contribution in [2.45, 2.75) is 0 Å². The summed E-state index contributed by atoms with van der Waals surface area (Å²) in [4.78, 5) is 0. The molecule has 0 spiro atoms. The second-order valence-electron chi connectivity index (χ2n) is 3.44. The largest absolute Gasteiger partial charge is 0.494 e. The predicted molar refractivity (Wildman–Crippen MR) is 63.9 cm³/mol. The van der Waals surface area contributed by atoms with Crippen molar-refractivity contribution in [3.05, 3.63) is 48.3 Å². The molecule has 0 aliphatic rings. The molecule has 0 radical (unpaired) electrons. The Bertz CT molecular complexity index is 514. The predicted octanol–water partition coefficient (Wildman–Crippen LogP) is 3.21. The lowest BCUT2D eigenvalue weighted by Gasteiger charge is -2.10. The van der Waals surface area contributed by atoms with Crippen molar-refractivity contribution in [2.75, 3.05) is 12.8 Å². The van der Waals surface area contributed by atoms with Crippen LogP contribution < -0.4 is 15.2 Å². The number of methoxy groups -OCH3 is 1. The topological polar surface area (TPSA) is 44.5 Å². The fourth-order valence-electron chi connectivity index (χ4n) is 1.42. The number of anilines is 1. The molecule has 88 valence electrons. The molecule has 4 heteroatoms. The van der Waals surface area contributed by atoms with E-state index >= 15 is 0 Å². The van der Waals surface area contributed by atoms with Crippen LogP contribution in [0, 0.1) is 5.82 Å². The SMILES string of the molecule is COc1cc(Oc2ccccc2)c(F)cc1N. The quantitative estimate of drug-likeness (QED) is 0.828. The van der Waals surface area contributed by atoms with Crippen molar-refractivity contribution in [2.24, 2.45) is 0 Å². The lowest BCUT2D eigenvalue weighted by molar-refractivity contribution is 0.403. The molecule has 0 saturated heterocycles. The van der Waals surface area contributed by atoms with Crippen LogP contribution in [-0.4, -0.2) is 7.11 Å².